The number of hydrogen-bond donors (Lipinski definition) is 2. The minimum Gasteiger partial charge on any atom is -0.374 e. The summed E-state index contributed by atoms with van der Waals surface area (Å²) < 4.78 is 40.4. The second-order valence-electron chi connectivity index (χ2n) is 4.06. The van der Waals surface area contributed by atoms with E-state index >= 15 is 0 Å². The normalized spacial score (nSPS) is 12.2. The van der Waals surface area contributed by atoms with Gasteiger partial charge < -0.3 is 11.1 Å². The zero-order valence-corrected chi connectivity index (χ0v) is 10.0. The predicted molar refractivity (Wildman–Crippen MR) is 68.2 cm³/mol. The third-order valence-corrected chi connectivity index (χ3v) is 2.80. The van der Waals surface area contributed by atoms with Gasteiger partial charge in [0.1, 0.15) is 5.82 Å². The zero-order chi connectivity index (χ0) is 13.8. The summed E-state index contributed by atoms with van der Waals surface area (Å²) in [6, 6.07) is 9.10. The van der Waals surface area contributed by atoms with Crippen LogP contribution in [0.4, 0.5) is 18.9 Å². The number of benzene rings is 2. The van der Waals surface area contributed by atoms with Crippen LogP contribution >= 0.6 is 0 Å². The molecule has 0 spiro atoms. The molecule has 0 heterocycles. The van der Waals surface area contributed by atoms with Gasteiger partial charge in [-0.1, -0.05) is 24.3 Å². The van der Waals surface area contributed by atoms with E-state index in [1.54, 1.807) is 12.1 Å². The van der Waals surface area contributed by atoms with Crippen LogP contribution < -0.4 is 11.1 Å². The number of para-hydroxylation sites is 1. The van der Waals surface area contributed by atoms with E-state index < -0.39 is 23.5 Å². The van der Waals surface area contributed by atoms with E-state index in [0.717, 1.165) is 6.07 Å². The third-order valence-electron chi connectivity index (χ3n) is 2.80. The molecule has 3 N–H and O–H groups in total. The maximum Gasteiger partial charge on any atom is 0.164 e. The molecule has 0 fully saturated rings. The van der Waals surface area contributed by atoms with Gasteiger partial charge in [-0.15, -0.1) is 0 Å². The van der Waals surface area contributed by atoms with E-state index in [1.807, 2.05) is 0 Å². The van der Waals surface area contributed by atoms with Crippen molar-refractivity contribution < 1.29 is 13.2 Å². The summed E-state index contributed by atoms with van der Waals surface area (Å²) in [5.74, 6) is -2.40. The van der Waals surface area contributed by atoms with Crippen molar-refractivity contribution in [2.45, 2.75) is 6.04 Å². The van der Waals surface area contributed by atoms with Gasteiger partial charge in [0.05, 0.1) is 11.7 Å². The fraction of sp³-hybridized carbons (Fsp3) is 0.143. The average Bonchev–Trinajstić information content (AvgIpc) is 2.41. The largest absolute Gasteiger partial charge is 0.374 e. The third kappa shape index (κ3) is 2.88. The van der Waals surface area contributed by atoms with Crippen molar-refractivity contribution in [1.82, 2.24) is 0 Å². The van der Waals surface area contributed by atoms with Crippen molar-refractivity contribution in [2.75, 3.05) is 11.9 Å². The second kappa shape index (κ2) is 5.75. The standard InChI is InChI=1S/C14H13F3N2/c15-10-5-1-2-7-12(10)19-13(8-18)9-4-3-6-11(16)14(9)17/h1-7,13,19H,8,18H2. The van der Waals surface area contributed by atoms with Crippen molar-refractivity contribution >= 4 is 5.69 Å². The van der Waals surface area contributed by atoms with Gasteiger partial charge in [-0.2, -0.15) is 0 Å². The summed E-state index contributed by atoms with van der Waals surface area (Å²) in [7, 11) is 0. The molecule has 0 saturated carbocycles. The van der Waals surface area contributed by atoms with Gasteiger partial charge in [0.2, 0.25) is 0 Å². The quantitative estimate of drug-likeness (QED) is 0.891. The molecule has 2 nitrogen and oxygen atoms in total. The Labute approximate surface area is 109 Å². The fourth-order valence-electron chi connectivity index (χ4n) is 1.82. The molecule has 0 aromatic heterocycles. The molecule has 2 aromatic rings. The summed E-state index contributed by atoms with van der Waals surface area (Å²) >= 11 is 0. The van der Waals surface area contributed by atoms with Gasteiger partial charge in [-0.25, -0.2) is 13.2 Å². The van der Waals surface area contributed by atoms with Crippen molar-refractivity contribution in [1.29, 1.82) is 0 Å². The monoisotopic (exact) mass is 266 g/mol. The Morgan fingerprint density at radius 3 is 2.32 bits per heavy atom. The van der Waals surface area contributed by atoms with Crippen LogP contribution in [0.3, 0.4) is 0 Å². The molecule has 5 heteroatoms. The Kier molecular flexibility index (Phi) is 4.06. The van der Waals surface area contributed by atoms with Gasteiger partial charge in [-0.05, 0) is 18.2 Å². The van der Waals surface area contributed by atoms with E-state index in [-0.39, 0.29) is 17.8 Å². The Hall–Kier alpha value is -2.01. The van der Waals surface area contributed by atoms with Crippen molar-refractivity contribution in [3.63, 3.8) is 0 Å². The number of nitrogens with two attached hydrogens (primary N) is 1. The molecule has 19 heavy (non-hydrogen) atoms. The molecule has 0 aliphatic rings. The molecule has 0 radical (unpaired) electrons. The first kappa shape index (κ1) is 13.4. The highest BCUT2D eigenvalue weighted by molar-refractivity contribution is 5.47. The lowest BCUT2D eigenvalue weighted by Gasteiger charge is -2.19. The highest BCUT2D eigenvalue weighted by Gasteiger charge is 2.17. The van der Waals surface area contributed by atoms with Gasteiger partial charge in [0.15, 0.2) is 11.6 Å². The first-order chi connectivity index (χ1) is 9.13. The van der Waals surface area contributed by atoms with E-state index in [1.165, 1.54) is 24.3 Å². The zero-order valence-electron chi connectivity index (χ0n) is 10.0. The number of nitrogens with one attached hydrogen (secondary N) is 1. The predicted octanol–water partition coefficient (Wildman–Crippen LogP) is 3.22. The van der Waals surface area contributed by atoms with Crippen LogP contribution in [-0.2, 0) is 0 Å². The summed E-state index contributed by atoms with van der Waals surface area (Å²) in [6.45, 7) is 0.00864. The molecule has 0 aliphatic carbocycles. The molecular weight excluding hydrogens is 253 g/mol. The highest BCUT2D eigenvalue weighted by Crippen LogP contribution is 2.24. The number of halogens is 3. The summed E-state index contributed by atoms with van der Waals surface area (Å²) in [5.41, 5.74) is 5.82. The van der Waals surface area contributed by atoms with Crippen molar-refractivity contribution in [2.24, 2.45) is 5.73 Å². The van der Waals surface area contributed by atoms with Crippen molar-refractivity contribution in [3.8, 4) is 0 Å². The minimum atomic E-state index is -0.971. The molecule has 0 saturated heterocycles. The van der Waals surface area contributed by atoms with Crippen LogP contribution in [0.2, 0.25) is 0 Å². The lowest BCUT2D eigenvalue weighted by atomic mass is 10.1. The summed E-state index contributed by atoms with van der Waals surface area (Å²) in [6.07, 6.45) is 0. The van der Waals surface area contributed by atoms with E-state index in [2.05, 4.69) is 5.32 Å². The Morgan fingerprint density at radius 2 is 1.63 bits per heavy atom. The SMILES string of the molecule is NCC(Nc1ccccc1F)c1cccc(F)c1F. The molecule has 1 atom stereocenters. The Bertz CT molecular complexity index is 572. The topological polar surface area (TPSA) is 38.0 Å². The van der Waals surface area contributed by atoms with Crippen LogP contribution in [0.25, 0.3) is 0 Å². The lowest BCUT2D eigenvalue weighted by Crippen LogP contribution is -2.22. The molecule has 100 valence electrons. The first-order valence-corrected chi connectivity index (χ1v) is 5.78. The molecule has 0 aliphatic heterocycles. The fourth-order valence-corrected chi connectivity index (χ4v) is 1.82. The Balaban J connectivity index is 2.31. The summed E-state index contributed by atoms with van der Waals surface area (Å²) in [5, 5.41) is 2.77. The Morgan fingerprint density at radius 1 is 0.947 bits per heavy atom. The highest BCUT2D eigenvalue weighted by atomic mass is 19.2. The molecular formula is C14H13F3N2. The van der Waals surface area contributed by atoms with Crippen LogP contribution in [0, 0.1) is 17.5 Å². The number of rotatable bonds is 4. The smallest absolute Gasteiger partial charge is 0.164 e. The molecule has 0 bridgehead atoms. The lowest BCUT2D eigenvalue weighted by molar-refractivity contribution is 0.492. The van der Waals surface area contributed by atoms with Gasteiger partial charge in [0.25, 0.3) is 0 Å². The minimum absolute atomic E-state index is 0.00864. The molecule has 2 aromatic carbocycles. The van der Waals surface area contributed by atoms with Crippen LogP contribution in [-0.4, -0.2) is 6.54 Å². The number of anilines is 1. The average molecular weight is 266 g/mol. The van der Waals surface area contributed by atoms with Crippen LogP contribution in [0.15, 0.2) is 42.5 Å². The molecule has 2 rings (SSSR count). The first-order valence-electron chi connectivity index (χ1n) is 5.78. The second-order valence-corrected chi connectivity index (χ2v) is 4.06. The number of hydrogen-bond acceptors (Lipinski definition) is 2. The van der Waals surface area contributed by atoms with Crippen LogP contribution in [0.5, 0.6) is 0 Å². The van der Waals surface area contributed by atoms with Gasteiger partial charge >= 0.3 is 0 Å². The maximum absolute atomic E-state index is 13.7. The van der Waals surface area contributed by atoms with E-state index in [0.29, 0.717) is 0 Å². The van der Waals surface area contributed by atoms with Gasteiger partial charge in [0, 0.05) is 12.1 Å². The summed E-state index contributed by atoms with van der Waals surface area (Å²) in [4.78, 5) is 0. The van der Waals surface area contributed by atoms with E-state index in [4.69, 9.17) is 5.73 Å². The van der Waals surface area contributed by atoms with E-state index in [9.17, 15) is 13.2 Å². The maximum atomic E-state index is 13.7. The van der Waals surface area contributed by atoms with Crippen molar-refractivity contribution in [3.05, 3.63) is 65.5 Å². The molecule has 1 unspecified atom stereocenters. The van der Waals surface area contributed by atoms with Crippen LogP contribution in [0.1, 0.15) is 11.6 Å². The molecule has 0 amide bonds. The van der Waals surface area contributed by atoms with Gasteiger partial charge in [-0.3, -0.25) is 0 Å².